The second-order valence-electron chi connectivity index (χ2n) is 3.99. The third kappa shape index (κ3) is 3.30. The fourth-order valence-electron chi connectivity index (χ4n) is 1.79. The Hall–Kier alpha value is -1.57. The fraction of sp³-hybridized carbons (Fsp3) is 0. The number of nitrogens with zero attached hydrogens (tertiary/aromatic N) is 3. The maximum Gasteiger partial charge on any atom is 2.00 e. The predicted molar refractivity (Wildman–Crippen MR) is 75.7 cm³/mol. The third-order valence-corrected chi connectivity index (χ3v) is 2.86. The number of aromatic nitrogens is 3. The number of rotatable bonds is 2. The van der Waals surface area contributed by atoms with Crippen LogP contribution in [-0.2, 0) is 21.1 Å². The molecule has 0 radical (unpaired) electrons. The largest absolute Gasteiger partial charge is 2.00 e. The molecule has 0 aromatic carbocycles. The molecule has 20 heavy (non-hydrogen) atoms. The monoisotopic (exact) mass is 462 g/mol. The molecule has 0 saturated carbocycles. The van der Waals surface area contributed by atoms with E-state index in [1.54, 1.807) is 24.5 Å². The summed E-state index contributed by atoms with van der Waals surface area (Å²) in [5.74, 6) is 0. The predicted octanol–water partition coefficient (Wildman–Crippen LogP) is 3.86. The Labute approximate surface area is 136 Å². The summed E-state index contributed by atoms with van der Waals surface area (Å²) < 4.78 is 0. The first-order valence-electron chi connectivity index (χ1n) is 5.83. The van der Waals surface area contributed by atoms with Gasteiger partial charge in [0.25, 0.3) is 0 Å². The molecule has 5 heteroatoms. The third-order valence-electron chi connectivity index (χ3n) is 2.64. The zero-order valence-electron chi connectivity index (χ0n) is 10.3. The minimum absolute atomic E-state index is 0. The summed E-state index contributed by atoms with van der Waals surface area (Å²) in [7, 11) is 0. The van der Waals surface area contributed by atoms with Crippen LogP contribution in [0.15, 0.2) is 60.9 Å². The number of pyridine rings is 3. The van der Waals surface area contributed by atoms with Crippen molar-refractivity contribution in [3.05, 3.63) is 65.9 Å². The van der Waals surface area contributed by atoms with E-state index in [9.17, 15) is 0 Å². The average Bonchev–Trinajstić information content (AvgIpc) is 2.48. The summed E-state index contributed by atoms with van der Waals surface area (Å²) in [6, 6.07) is 15.0. The Morgan fingerprint density at radius 1 is 0.700 bits per heavy atom. The van der Waals surface area contributed by atoms with E-state index in [1.165, 1.54) is 0 Å². The molecule has 0 aliphatic heterocycles. The van der Waals surface area contributed by atoms with Crippen LogP contribution < -0.4 is 0 Å². The molecular formula is C15H10ClN3Pt+2. The van der Waals surface area contributed by atoms with Gasteiger partial charge in [-0.1, -0.05) is 23.7 Å². The molecule has 3 rings (SSSR count). The quantitative estimate of drug-likeness (QED) is 0.580. The van der Waals surface area contributed by atoms with E-state index in [2.05, 4.69) is 15.0 Å². The van der Waals surface area contributed by atoms with Crippen molar-refractivity contribution < 1.29 is 21.1 Å². The van der Waals surface area contributed by atoms with Gasteiger partial charge in [-0.25, -0.2) is 4.98 Å². The van der Waals surface area contributed by atoms with Gasteiger partial charge in [-0.2, -0.15) is 0 Å². The molecule has 3 aromatic heterocycles. The van der Waals surface area contributed by atoms with Crippen molar-refractivity contribution >= 4 is 11.6 Å². The van der Waals surface area contributed by atoms with Crippen molar-refractivity contribution in [3.8, 4) is 22.8 Å². The normalized spacial score (nSPS) is 9.85. The minimum Gasteiger partial charge on any atom is -0.255 e. The maximum absolute atomic E-state index is 6.15. The Morgan fingerprint density at radius 3 is 1.60 bits per heavy atom. The van der Waals surface area contributed by atoms with E-state index in [4.69, 9.17) is 11.6 Å². The SMILES string of the molecule is Clc1cc(-c2ccccn2)nc(-c2ccccn2)c1.[Pt+2]. The van der Waals surface area contributed by atoms with Gasteiger partial charge in [0, 0.05) is 17.4 Å². The Bertz CT molecular complexity index is 632. The van der Waals surface area contributed by atoms with Gasteiger partial charge in [0.15, 0.2) is 0 Å². The van der Waals surface area contributed by atoms with Gasteiger partial charge in [-0.15, -0.1) is 0 Å². The van der Waals surface area contributed by atoms with Gasteiger partial charge in [0.05, 0.1) is 22.8 Å². The second kappa shape index (κ2) is 6.73. The Morgan fingerprint density at radius 2 is 1.20 bits per heavy atom. The van der Waals surface area contributed by atoms with E-state index in [1.807, 2.05) is 36.4 Å². The van der Waals surface area contributed by atoms with Crippen LogP contribution in [-0.4, -0.2) is 15.0 Å². The summed E-state index contributed by atoms with van der Waals surface area (Å²) in [5.41, 5.74) is 3.08. The minimum atomic E-state index is 0. The molecule has 0 atom stereocenters. The van der Waals surface area contributed by atoms with Crippen LogP contribution in [0.1, 0.15) is 0 Å². The molecule has 0 saturated heterocycles. The van der Waals surface area contributed by atoms with Gasteiger partial charge < -0.3 is 0 Å². The molecule has 3 heterocycles. The van der Waals surface area contributed by atoms with Gasteiger partial charge in [0.1, 0.15) is 0 Å². The molecule has 0 amide bonds. The summed E-state index contributed by atoms with van der Waals surface area (Å²) in [6.07, 6.45) is 3.47. The molecule has 0 unspecified atom stereocenters. The topological polar surface area (TPSA) is 38.7 Å². The van der Waals surface area contributed by atoms with Gasteiger partial charge in [-0.05, 0) is 36.4 Å². The maximum atomic E-state index is 6.15. The molecule has 0 bridgehead atoms. The number of hydrogen-bond donors (Lipinski definition) is 0. The Balaban J connectivity index is 0.00000147. The molecule has 0 aliphatic rings. The van der Waals surface area contributed by atoms with E-state index in [0.717, 1.165) is 22.8 Å². The molecule has 0 spiro atoms. The fourth-order valence-corrected chi connectivity index (χ4v) is 1.99. The van der Waals surface area contributed by atoms with E-state index >= 15 is 0 Å². The molecule has 3 aromatic rings. The van der Waals surface area contributed by atoms with Crippen molar-refractivity contribution in [2.75, 3.05) is 0 Å². The van der Waals surface area contributed by atoms with E-state index in [0.29, 0.717) is 5.02 Å². The van der Waals surface area contributed by atoms with Gasteiger partial charge >= 0.3 is 21.1 Å². The van der Waals surface area contributed by atoms with Crippen molar-refractivity contribution in [2.45, 2.75) is 0 Å². The first-order chi connectivity index (χ1) is 9.33. The van der Waals surface area contributed by atoms with Crippen LogP contribution in [0.5, 0.6) is 0 Å². The smallest absolute Gasteiger partial charge is 0.255 e. The summed E-state index contributed by atoms with van der Waals surface area (Å²) in [6.45, 7) is 0. The van der Waals surface area contributed by atoms with Crippen LogP contribution in [0.3, 0.4) is 0 Å². The van der Waals surface area contributed by atoms with Crippen LogP contribution >= 0.6 is 11.6 Å². The van der Waals surface area contributed by atoms with Gasteiger partial charge in [0.2, 0.25) is 0 Å². The molecule has 0 aliphatic carbocycles. The van der Waals surface area contributed by atoms with Crippen molar-refractivity contribution in [1.82, 2.24) is 15.0 Å². The van der Waals surface area contributed by atoms with Crippen LogP contribution in [0.4, 0.5) is 0 Å². The van der Waals surface area contributed by atoms with Crippen LogP contribution in [0, 0.1) is 0 Å². The number of hydrogen-bond acceptors (Lipinski definition) is 3. The molecule has 100 valence electrons. The van der Waals surface area contributed by atoms with Crippen molar-refractivity contribution in [1.29, 1.82) is 0 Å². The molecule has 0 fully saturated rings. The average molecular weight is 463 g/mol. The van der Waals surface area contributed by atoms with E-state index in [-0.39, 0.29) is 21.1 Å². The first kappa shape index (κ1) is 14.8. The molecular weight excluding hydrogens is 453 g/mol. The van der Waals surface area contributed by atoms with Crippen LogP contribution in [0.2, 0.25) is 5.02 Å². The second-order valence-corrected chi connectivity index (χ2v) is 4.42. The molecule has 3 nitrogen and oxygen atoms in total. The standard InChI is InChI=1S/C15H10ClN3.Pt/c16-11-9-14(12-5-1-3-7-17-12)19-15(10-11)13-6-2-4-8-18-13;/h1-10H;/q;+2. The summed E-state index contributed by atoms with van der Waals surface area (Å²) in [4.78, 5) is 13.1. The van der Waals surface area contributed by atoms with Gasteiger partial charge in [-0.3, -0.25) is 9.97 Å². The van der Waals surface area contributed by atoms with E-state index < -0.39 is 0 Å². The number of halogens is 1. The summed E-state index contributed by atoms with van der Waals surface area (Å²) in [5, 5.41) is 0.622. The first-order valence-corrected chi connectivity index (χ1v) is 6.21. The van der Waals surface area contributed by atoms with Crippen LogP contribution in [0.25, 0.3) is 22.8 Å². The zero-order valence-corrected chi connectivity index (χ0v) is 13.3. The summed E-state index contributed by atoms with van der Waals surface area (Å²) >= 11 is 6.15. The van der Waals surface area contributed by atoms with Crippen molar-refractivity contribution in [3.63, 3.8) is 0 Å². The van der Waals surface area contributed by atoms with Crippen molar-refractivity contribution in [2.24, 2.45) is 0 Å². The Kier molecular flexibility index (Phi) is 4.99. The zero-order chi connectivity index (χ0) is 13.1. The molecule has 0 N–H and O–H groups in total.